The van der Waals surface area contributed by atoms with E-state index in [0.717, 1.165) is 6.08 Å². The van der Waals surface area contributed by atoms with Crippen molar-refractivity contribution in [1.82, 2.24) is 0 Å². The Morgan fingerprint density at radius 1 is 1.70 bits per heavy atom. The molecule has 0 aliphatic rings. The highest BCUT2D eigenvalue weighted by Crippen LogP contribution is 1.95. The van der Waals surface area contributed by atoms with Crippen LogP contribution < -0.4 is 5.73 Å². The number of nitrogens with one attached hydrogen (secondary N) is 1. The summed E-state index contributed by atoms with van der Waals surface area (Å²) in [7, 11) is 0. The first-order valence-corrected chi connectivity index (χ1v) is 3.48. The van der Waals surface area contributed by atoms with Gasteiger partial charge >= 0.3 is 0 Å². The van der Waals surface area contributed by atoms with Gasteiger partial charge in [-0.1, -0.05) is 19.8 Å². The second-order valence-corrected chi connectivity index (χ2v) is 2.22. The number of nitrogens with two attached hydrogens (primary N) is 1. The van der Waals surface area contributed by atoms with Crippen molar-refractivity contribution in [3.8, 4) is 0 Å². The Hall–Kier alpha value is -0.660. The van der Waals surface area contributed by atoms with Gasteiger partial charge in [-0.3, -0.25) is 0 Å². The normalized spacial score (nSPS) is 10.7. The summed E-state index contributed by atoms with van der Waals surface area (Å²) in [6.45, 7) is 4.23. The van der Waals surface area contributed by atoms with Crippen LogP contribution in [0.2, 0.25) is 0 Å². The molecule has 0 aromatic carbocycles. The highest BCUT2D eigenvalue weighted by Gasteiger charge is 1.88. The Bertz CT molecular complexity index is 85.6. The van der Waals surface area contributed by atoms with Gasteiger partial charge in [-0.25, -0.2) is 10.2 Å². The molecule has 0 saturated carbocycles. The van der Waals surface area contributed by atoms with Gasteiger partial charge in [0.1, 0.15) is 0 Å². The first kappa shape index (κ1) is 12.1. The maximum absolute atomic E-state index is 8.35. The van der Waals surface area contributed by atoms with E-state index in [-0.39, 0.29) is 0 Å². The Balaban J connectivity index is 0. The zero-order chi connectivity index (χ0) is 8.41. The monoisotopic (exact) mass is 144 g/mol. The van der Waals surface area contributed by atoms with Gasteiger partial charge in [-0.2, -0.15) is 0 Å². The quantitative estimate of drug-likeness (QED) is 0.464. The number of isocyanates is 1. The highest BCUT2D eigenvalue weighted by atomic mass is 16.1. The second-order valence-electron chi connectivity index (χ2n) is 2.22. The maximum atomic E-state index is 8.35. The average molecular weight is 144 g/mol. The summed E-state index contributed by atoms with van der Waals surface area (Å²) in [5.41, 5.74) is 5.48. The minimum absolute atomic E-state index is 0.403. The smallest absolute Gasteiger partial charge is 0.231 e. The standard InChI is InChI=1S/C6H15N.CHNO/c1-3-4-5-6(2)7;2-1-3/h6H,3-5,7H2,1-2H3;2H. The van der Waals surface area contributed by atoms with Crippen LogP contribution in [0.3, 0.4) is 0 Å². The summed E-state index contributed by atoms with van der Waals surface area (Å²) in [4.78, 5) is 8.35. The molecule has 0 saturated heterocycles. The van der Waals surface area contributed by atoms with Crippen molar-refractivity contribution < 1.29 is 4.79 Å². The summed E-state index contributed by atoms with van der Waals surface area (Å²) < 4.78 is 0. The lowest BCUT2D eigenvalue weighted by molar-refractivity contribution is 0.563. The largest absolute Gasteiger partial charge is 0.328 e. The molecule has 60 valence electrons. The number of rotatable bonds is 3. The van der Waals surface area contributed by atoms with Crippen LogP contribution in [0.1, 0.15) is 33.1 Å². The molecule has 3 N–H and O–H groups in total. The van der Waals surface area contributed by atoms with Crippen molar-refractivity contribution in [1.29, 1.82) is 5.41 Å². The fourth-order valence-corrected chi connectivity index (χ4v) is 0.526. The van der Waals surface area contributed by atoms with E-state index in [1.807, 2.05) is 0 Å². The summed E-state index contributed by atoms with van der Waals surface area (Å²) in [5.74, 6) is 0. The lowest BCUT2D eigenvalue weighted by Crippen LogP contribution is -2.13. The van der Waals surface area contributed by atoms with E-state index in [4.69, 9.17) is 15.9 Å². The Labute approximate surface area is 62.1 Å². The molecule has 1 unspecified atom stereocenters. The van der Waals surface area contributed by atoms with Gasteiger partial charge in [-0.05, 0) is 13.3 Å². The Morgan fingerprint density at radius 2 is 2.10 bits per heavy atom. The van der Waals surface area contributed by atoms with Crippen molar-refractivity contribution in [2.45, 2.75) is 39.2 Å². The predicted molar refractivity (Wildman–Crippen MR) is 41.6 cm³/mol. The number of unbranched alkanes of at least 4 members (excludes halogenated alkanes) is 1. The van der Waals surface area contributed by atoms with E-state index in [1.165, 1.54) is 19.3 Å². The van der Waals surface area contributed by atoms with Crippen LogP contribution in [0.4, 0.5) is 0 Å². The predicted octanol–water partition coefficient (Wildman–Crippen LogP) is 1.42. The van der Waals surface area contributed by atoms with Crippen LogP contribution in [0.5, 0.6) is 0 Å². The maximum Gasteiger partial charge on any atom is 0.231 e. The van der Waals surface area contributed by atoms with Gasteiger partial charge < -0.3 is 5.73 Å². The molecule has 0 aliphatic carbocycles. The van der Waals surface area contributed by atoms with Crippen LogP contribution in [0, 0.1) is 5.41 Å². The fraction of sp³-hybridized carbons (Fsp3) is 0.857. The Kier molecular flexibility index (Phi) is 13.5. The lowest BCUT2D eigenvalue weighted by Gasteiger charge is -1.99. The molecule has 10 heavy (non-hydrogen) atoms. The highest BCUT2D eigenvalue weighted by molar-refractivity contribution is 5.26. The van der Waals surface area contributed by atoms with Crippen LogP contribution >= 0.6 is 0 Å². The number of carbonyl (C=O) groups excluding carboxylic acids is 1. The summed E-state index contributed by atoms with van der Waals surface area (Å²) in [5, 5.41) is 5.40. The van der Waals surface area contributed by atoms with E-state index in [1.54, 1.807) is 0 Å². The van der Waals surface area contributed by atoms with Crippen molar-refractivity contribution in [3.05, 3.63) is 0 Å². The van der Waals surface area contributed by atoms with Gasteiger partial charge in [-0.15, -0.1) is 0 Å². The van der Waals surface area contributed by atoms with Crippen LogP contribution in [0.25, 0.3) is 0 Å². The second kappa shape index (κ2) is 11.2. The van der Waals surface area contributed by atoms with Crippen LogP contribution in [-0.2, 0) is 4.79 Å². The van der Waals surface area contributed by atoms with Crippen molar-refractivity contribution >= 4 is 6.08 Å². The molecule has 0 radical (unpaired) electrons. The zero-order valence-corrected chi connectivity index (χ0v) is 6.68. The summed E-state index contributed by atoms with van der Waals surface area (Å²) in [6.07, 6.45) is 4.47. The van der Waals surface area contributed by atoms with Gasteiger partial charge in [0, 0.05) is 6.04 Å². The molecular formula is C7H16N2O. The third kappa shape index (κ3) is 26.4. The summed E-state index contributed by atoms with van der Waals surface area (Å²) in [6, 6.07) is 0.403. The van der Waals surface area contributed by atoms with Crippen molar-refractivity contribution in [2.24, 2.45) is 5.73 Å². The third-order valence-corrected chi connectivity index (χ3v) is 1.01. The average Bonchev–Trinajstić information content (AvgIpc) is 1.85. The first-order valence-electron chi connectivity index (χ1n) is 3.48. The molecular weight excluding hydrogens is 128 g/mol. The molecule has 3 heteroatoms. The van der Waals surface area contributed by atoms with E-state index >= 15 is 0 Å². The molecule has 0 aliphatic heterocycles. The molecule has 0 heterocycles. The van der Waals surface area contributed by atoms with Gasteiger partial charge in [0.15, 0.2) is 0 Å². The van der Waals surface area contributed by atoms with E-state index in [9.17, 15) is 0 Å². The molecule has 0 spiro atoms. The van der Waals surface area contributed by atoms with E-state index in [0.29, 0.717) is 6.04 Å². The Morgan fingerprint density at radius 3 is 2.20 bits per heavy atom. The number of hydrogen-bond donors (Lipinski definition) is 2. The van der Waals surface area contributed by atoms with Gasteiger partial charge in [0.25, 0.3) is 0 Å². The van der Waals surface area contributed by atoms with Crippen molar-refractivity contribution in [3.63, 3.8) is 0 Å². The minimum atomic E-state index is 0.403. The molecule has 1 atom stereocenters. The zero-order valence-electron chi connectivity index (χ0n) is 6.68. The SMILES string of the molecule is CCCCC(C)N.N=C=O. The number of hydrogen-bond acceptors (Lipinski definition) is 3. The first-order chi connectivity index (χ1) is 4.68. The van der Waals surface area contributed by atoms with Gasteiger partial charge in [0.2, 0.25) is 6.08 Å². The molecule has 3 nitrogen and oxygen atoms in total. The van der Waals surface area contributed by atoms with Crippen molar-refractivity contribution in [2.75, 3.05) is 0 Å². The van der Waals surface area contributed by atoms with E-state index < -0.39 is 0 Å². The third-order valence-electron chi connectivity index (χ3n) is 1.01. The van der Waals surface area contributed by atoms with E-state index in [2.05, 4.69) is 13.8 Å². The molecule has 0 fully saturated rings. The van der Waals surface area contributed by atoms with Crippen LogP contribution in [0.15, 0.2) is 0 Å². The molecule has 0 amide bonds. The van der Waals surface area contributed by atoms with Gasteiger partial charge in [0.05, 0.1) is 0 Å². The summed E-state index contributed by atoms with van der Waals surface area (Å²) >= 11 is 0. The molecule has 0 rings (SSSR count). The lowest BCUT2D eigenvalue weighted by atomic mass is 10.2. The molecule has 0 aromatic heterocycles. The molecule has 0 aromatic rings. The topological polar surface area (TPSA) is 66.9 Å². The van der Waals surface area contributed by atoms with Crippen LogP contribution in [-0.4, -0.2) is 12.1 Å². The molecule has 0 bridgehead atoms. The fourth-order valence-electron chi connectivity index (χ4n) is 0.526. The minimum Gasteiger partial charge on any atom is -0.328 e.